The van der Waals surface area contributed by atoms with E-state index in [4.69, 9.17) is 23.2 Å². The number of nitrogens with zero attached hydrogens (tertiary/aromatic N) is 2. The smallest absolute Gasteiger partial charge is 0.0902 e. The Morgan fingerprint density at radius 1 is 0.650 bits per heavy atom. The maximum atomic E-state index is 5.95. The first kappa shape index (κ1) is 13.6. The average molecular weight is 307 g/mol. The van der Waals surface area contributed by atoms with Gasteiger partial charge in [0, 0.05) is 34.5 Å². The van der Waals surface area contributed by atoms with Crippen LogP contribution >= 0.6 is 23.2 Å². The molecule has 0 saturated carbocycles. The highest BCUT2D eigenvalue weighted by molar-refractivity contribution is 6.30. The molecule has 0 radical (unpaired) electrons. The Morgan fingerprint density at radius 2 is 1.05 bits per heavy atom. The number of rotatable bonds is 2. The van der Waals surface area contributed by atoms with Gasteiger partial charge in [0.25, 0.3) is 0 Å². The molecule has 4 heteroatoms. The van der Waals surface area contributed by atoms with Crippen molar-refractivity contribution in [2.75, 3.05) is 29.6 Å². The molecule has 20 heavy (non-hydrogen) atoms. The van der Waals surface area contributed by atoms with E-state index in [1.165, 1.54) is 11.4 Å². The summed E-state index contributed by atoms with van der Waals surface area (Å²) in [6, 6.07) is 16.1. The fourth-order valence-corrected chi connectivity index (χ4v) is 2.78. The molecule has 2 aromatic carbocycles. The minimum Gasteiger partial charge on any atom is -0.354 e. The van der Waals surface area contributed by atoms with Gasteiger partial charge in [-0.05, 0) is 55.0 Å². The molecule has 0 N–H and O–H groups in total. The van der Waals surface area contributed by atoms with Crippen LogP contribution in [0.4, 0.5) is 11.4 Å². The molecule has 0 aliphatic carbocycles. The van der Waals surface area contributed by atoms with Gasteiger partial charge in [-0.3, -0.25) is 0 Å². The third kappa shape index (κ3) is 3.02. The molecule has 0 aromatic heterocycles. The quantitative estimate of drug-likeness (QED) is 0.795. The second-order valence-electron chi connectivity index (χ2n) is 4.97. The lowest BCUT2D eigenvalue weighted by atomic mass is 10.2. The molecule has 3 rings (SSSR count). The molecule has 1 saturated heterocycles. The Labute approximate surface area is 129 Å². The van der Waals surface area contributed by atoms with Crippen LogP contribution in [0.2, 0.25) is 10.0 Å². The van der Waals surface area contributed by atoms with Gasteiger partial charge in [-0.25, -0.2) is 0 Å². The van der Waals surface area contributed by atoms with Gasteiger partial charge in [0.05, 0.1) is 6.67 Å². The van der Waals surface area contributed by atoms with Crippen molar-refractivity contribution in [2.45, 2.75) is 6.42 Å². The standard InChI is InChI=1S/C16H16Cl2N2/c17-13-2-6-15(7-3-13)19-10-1-11-20(12-19)16-8-4-14(18)5-9-16/h2-9H,1,10-12H2. The van der Waals surface area contributed by atoms with Crippen molar-refractivity contribution >= 4 is 34.6 Å². The second-order valence-corrected chi connectivity index (χ2v) is 5.85. The summed E-state index contributed by atoms with van der Waals surface area (Å²) in [5.74, 6) is 0. The maximum Gasteiger partial charge on any atom is 0.0902 e. The normalized spacial score (nSPS) is 15.5. The van der Waals surface area contributed by atoms with Crippen molar-refractivity contribution in [3.63, 3.8) is 0 Å². The van der Waals surface area contributed by atoms with Gasteiger partial charge in [-0.1, -0.05) is 23.2 Å². The SMILES string of the molecule is Clc1ccc(N2CCCN(c3ccc(Cl)cc3)C2)cc1. The van der Waals surface area contributed by atoms with Crippen molar-refractivity contribution < 1.29 is 0 Å². The first-order chi connectivity index (χ1) is 9.72. The largest absolute Gasteiger partial charge is 0.354 e. The number of anilines is 2. The zero-order valence-electron chi connectivity index (χ0n) is 11.1. The van der Waals surface area contributed by atoms with Crippen LogP contribution < -0.4 is 9.80 Å². The second kappa shape index (κ2) is 5.94. The van der Waals surface area contributed by atoms with Crippen molar-refractivity contribution in [3.05, 3.63) is 58.6 Å². The van der Waals surface area contributed by atoms with Gasteiger partial charge in [0.15, 0.2) is 0 Å². The van der Waals surface area contributed by atoms with Crippen LogP contribution in [0, 0.1) is 0 Å². The highest BCUT2D eigenvalue weighted by atomic mass is 35.5. The fourth-order valence-electron chi connectivity index (χ4n) is 2.53. The molecule has 1 aliphatic rings. The van der Waals surface area contributed by atoms with Crippen molar-refractivity contribution in [2.24, 2.45) is 0 Å². The number of hydrogen-bond acceptors (Lipinski definition) is 2. The highest BCUT2D eigenvalue weighted by Gasteiger charge is 2.17. The van der Waals surface area contributed by atoms with Crippen molar-refractivity contribution in [1.29, 1.82) is 0 Å². The molecule has 104 valence electrons. The van der Waals surface area contributed by atoms with Gasteiger partial charge in [-0.15, -0.1) is 0 Å². The Balaban J connectivity index is 1.76. The summed E-state index contributed by atoms with van der Waals surface area (Å²) in [7, 11) is 0. The van der Waals surface area contributed by atoms with Crippen LogP contribution in [-0.4, -0.2) is 19.8 Å². The molecule has 0 unspecified atom stereocenters. The summed E-state index contributed by atoms with van der Waals surface area (Å²) >= 11 is 11.9. The topological polar surface area (TPSA) is 6.48 Å². The molecule has 0 bridgehead atoms. The van der Waals surface area contributed by atoms with Crippen LogP contribution in [0.15, 0.2) is 48.5 Å². The maximum absolute atomic E-state index is 5.95. The summed E-state index contributed by atoms with van der Waals surface area (Å²) in [6.07, 6.45) is 1.14. The van der Waals surface area contributed by atoms with Gasteiger partial charge in [-0.2, -0.15) is 0 Å². The highest BCUT2D eigenvalue weighted by Crippen LogP contribution is 2.25. The summed E-state index contributed by atoms with van der Waals surface area (Å²) in [5.41, 5.74) is 2.43. The summed E-state index contributed by atoms with van der Waals surface area (Å²) in [5, 5.41) is 1.56. The number of halogens is 2. The Morgan fingerprint density at radius 3 is 1.45 bits per heavy atom. The molecule has 2 nitrogen and oxygen atoms in total. The third-order valence-corrected chi connectivity index (χ3v) is 4.08. The van der Waals surface area contributed by atoms with Crippen LogP contribution in [0.25, 0.3) is 0 Å². The third-order valence-electron chi connectivity index (χ3n) is 3.58. The van der Waals surface area contributed by atoms with Gasteiger partial charge in [0.1, 0.15) is 0 Å². The van der Waals surface area contributed by atoms with Crippen molar-refractivity contribution in [1.82, 2.24) is 0 Å². The van der Waals surface area contributed by atoms with Crippen LogP contribution in [0.1, 0.15) is 6.42 Å². The molecule has 0 amide bonds. The van der Waals surface area contributed by atoms with E-state index < -0.39 is 0 Å². The van der Waals surface area contributed by atoms with E-state index >= 15 is 0 Å². The zero-order chi connectivity index (χ0) is 13.9. The minimum atomic E-state index is 0.778. The molecule has 0 atom stereocenters. The van der Waals surface area contributed by atoms with Crippen LogP contribution in [-0.2, 0) is 0 Å². The van der Waals surface area contributed by atoms with Crippen molar-refractivity contribution in [3.8, 4) is 0 Å². The molecule has 0 spiro atoms. The predicted octanol–water partition coefficient (Wildman–Crippen LogP) is 4.67. The minimum absolute atomic E-state index is 0.778. The lowest BCUT2D eigenvalue weighted by Gasteiger charge is -2.38. The Hall–Kier alpha value is -1.38. The van der Waals surface area contributed by atoms with Crippen LogP contribution in [0.5, 0.6) is 0 Å². The summed E-state index contributed by atoms with van der Waals surface area (Å²) in [4.78, 5) is 4.74. The predicted molar refractivity (Wildman–Crippen MR) is 87.1 cm³/mol. The van der Waals surface area contributed by atoms with E-state index in [0.29, 0.717) is 0 Å². The lowest BCUT2D eigenvalue weighted by molar-refractivity contribution is 0.615. The van der Waals surface area contributed by atoms with Gasteiger partial charge < -0.3 is 9.80 Å². The van der Waals surface area contributed by atoms with E-state index in [2.05, 4.69) is 34.1 Å². The molecule has 2 aromatic rings. The monoisotopic (exact) mass is 306 g/mol. The summed E-state index contributed by atoms with van der Waals surface area (Å²) < 4.78 is 0. The average Bonchev–Trinajstić information content (AvgIpc) is 2.49. The molecule has 1 aliphatic heterocycles. The van der Waals surface area contributed by atoms with E-state index in [0.717, 1.165) is 36.2 Å². The molecule has 1 heterocycles. The molecular formula is C16H16Cl2N2. The Kier molecular flexibility index (Phi) is 4.04. The van der Waals surface area contributed by atoms with E-state index in [1.807, 2.05) is 24.3 Å². The number of hydrogen-bond donors (Lipinski definition) is 0. The summed E-state index contributed by atoms with van der Waals surface area (Å²) in [6.45, 7) is 3.04. The van der Waals surface area contributed by atoms with Crippen LogP contribution in [0.3, 0.4) is 0 Å². The number of benzene rings is 2. The molecular weight excluding hydrogens is 291 g/mol. The van der Waals surface area contributed by atoms with E-state index in [9.17, 15) is 0 Å². The first-order valence-electron chi connectivity index (χ1n) is 6.73. The Bertz CT molecular complexity index is 515. The zero-order valence-corrected chi connectivity index (χ0v) is 12.6. The van der Waals surface area contributed by atoms with E-state index in [1.54, 1.807) is 0 Å². The lowest BCUT2D eigenvalue weighted by Crippen LogP contribution is -2.45. The van der Waals surface area contributed by atoms with E-state index in [-0.39, 0.29) is 0 Å². The van der Waals surface area contributed by atoms with Gasteiger partial charge in [0.2, 0.25) is 0 Å². The molecule has 1 fully saturated rings. The first-order valence-corrected chi connectivity index (χ1v) is 7.49. The van der Waals surface area contributed by atoms with Gasteiger partial charge >= 0.3 is 0 Å². The fraction of sp³-hybridized carbons (Fsp3) is 0.250.